The largest absolute Gasteiger partial charge is 0.389 e. The molecule has 8 heteroatoms. The van der Waals surface area contributed by atoms with E-state index < -0.39 is 10.0 Å². The number of benzene rings is 1. The van der Waals surface area contributed by atoms with Crippen molar-refractivity contribution in [1.82, 2.24) is 9.62 Å². The molecule has 0 saturated heterocycles. The summed E-state index contributed by atoms with van der Waals surface area (Å²) in [7, 11) is -2.25. The Labute approximate surface area is 130 Å². The first kappa shape index (κ1) is 17.5. The van der Waals surface area contributed by atoms with E-state index in [0.29, 0.717) is 12.0 Å². The Morgan fingerprint density at radius 3 is 2.33 bits per heavy atom. The molecule has 0 unspecified atom stereocenters. The van der Waals surface area contributed by atoms with Crippen LogP contribution in [0.25, 0.3) is 0 Å². The van der Waals surface area contributed by atoms with Crippen LogP contribution in [0.3, 0.4) is 0 Å². The second-order valence-corrected chi connectivity index (χ2v) is 6.78. The van der Waals surface area contributed by atoms with Gasteiger partial charge < -0.3 is 11.1 Å². The molecule has 1 rings (SSSR count). The summed E-state index contributed by atoms with van der Waals surface area (Å²) in [6.45, 7) is 1.92. The molecule has 3 N–H and O–H groups in total. The average molecular weight is 329 g/mol. The van der Waals surface area contributed by atoms with Crippen LogP contribution >= 0.6 is 12.2 Å². The molecular formula is C13H19N3O3S2. The van der Waals surface area contributed by atoms with Crippen molar-refractivity contribution < 1.29 is 13.2 Å². The molecule has 1 amide bonds. The van der Waals surface area contributed by atoms with E-state index in [9.17, 15) is 13.2 Å². The van der Waals surface area contributed by atoms with Crippen LogP contribution < -0.4 is 11.1 Å². The first-order valence-electron chi connectivity index (χ1n) is 6.43. The van der Waals surface area contributed by atoms with Gasteiger partial charge in [-0.25, -0.2) is 8.42 Å². The fraction of sp³-hybridized carbons (Fsp3) is 0.385. The molecule has 0 saturated carbocycles. The summed E-state index contributed by atoms with van der Waals surface area (Å²) >= 11 is 4.83. The van der Waals surface area contributed by atoms with Gasteiger partial charge in [-0.3, -0.25) is 4.79 Å². The fourth-order valence-electron chi connectivity index (χ4n) is 1.71. The lowest BCUT2D eigenvalue weighted by Crippen LogP contribution is -2.40. The highest BCUT2D eigenvalue weighted by Gasteiger charge is 2.25. The van der Waals surface area contributed by atoms with Crippen LogP contribution in [-0.2, 0) is 14.8 Å². The molecule has 0 aliphatic carbocycles. The third kappa shape index (κ3) is 4.48. The molecule has 0 fully saturated rings. The summed E-state index contributed by atoms with van der Waals surface area (Å²) in [6, 6.07) is 5.99. The second kappa shape index (κ2) is 7.48. The Morgan fingerprint density at radius 1 is 1.33 bits per heavy atom. The van der Waals surface area contributed by atoms with E-state index in [-0.39, 0.29) is 28.9 Å². The van der Waals surface area contributed by atoms with E-state index in [1.807, 2.05) is 6.92 Å². The molecule has 1 aromatic carbocycles. The minimum absolute atomic E-state index is 0.111. The van der Waals surface area contributed by atoms with Crippen molar-refractivity contribution >= 4 is 33.1 Å². The summed E-state index contributed by atoms with van der Waals surface area (Å²) < 4.78 is 26.2. The number of likely N-dealkylation sites (N-methyl/N-ethyl adjacent to an activating group) is 1. The number of hydrogen-bond acceptors (Lipinski definition) is 4. The summed E-state index contributed by atoms with van der Waals surface area (Å²) in [5.74, 6) is -0.355. The zero-order valence-corrected chi connectivity index (χ0v) is 13.6. The van der Waals surface area contributed by atoms with Crippen molar-refractivity contribution in [3.8, 4) is 0 Å². The number of hydrogen-bond donors (Lipinski definition) is 2. The maximum atomic E-state index is 12.5. The molecule has 6 nitrogen and oxygen atoms in total. The molecule has 0 aliphatic rings. The van der Waals surface area contributed by atoms with Gasteiger partial charge in [0.2, 0.25) is 15.9 Å². The van der Waals surface area contributed by atoms with Crippen LogP contribution in [0.4, 0.5) is 0 Å². The van der Waals surface area contributed by atoms with Crippen LogP contribution in [0.15, 0.2) is 29.2 Å². The van der Waals surface area contributed by atoms with Crippen LogP contribution in [0.1, 0.15) is 18.9 Å². The van der Waals surface area contributed by atoms with E-state index in [2.05, 4.69) is 5.32 Å². The highest BCUT2D eigenvalue weighted by Crippen LogP contribution is 2.16. The molecule has 0 aromatic heterocycles. The Bertz CT molecular complexity index is 612. The highest BCUT2D eigenvalue weighted by atomic mass is 32.2. The first-order chi connectivity index (χ1) is 9.82. The van der Waals surface area contributed by atoms with Gasteiger partial charge >= 0.3 is 0 Å². The molecule has 0 spiro atoms. The monoisotopic (exact) mass is 329 g/mol. The maximum absolute atomic E-state index is 12.5. The minimum atomic E-state index is -3.72. The number of thiocarbonyl (C=S) groups is 1. The predicted molar refractivity (Wildman–Crippen MR) is 85.4 cm³/mol. The normalized spacial score (nSPS) is 11.4. The number of carbonyl (C=O) groups is 1. The molecule has 0 heterocycles. The average Bonchev–Trinajstić information content (AvgIpc) is 2.46. The van der Waals surface area contributed by atoms with E-state index in [0.717, 1.165) is 4.31 Å². The maximum Gasteiger partial charge on any atom is 0.243 e. The van der Waals surface area contributed by atoms with Crippen LogP contribution in [0.5, 0.6) is 0 Å². The van der Waals surface area contributed by atoms with Crippen molar-refractivity contribution in [3.05, 3.63) is 29.8 Å². The lowest BCUT2D eigenvalue weighted by atomic mass is 10.2. The number of nitrogens with one attached hydrogen (secondary N) is 1. The Balaban J connectivity index is 3.09. The molecule has 116 valence electrons. The van der Waals surface area contributed by atoms with Gasteiger partial charge in [0.05, 0.1) is 11.4 Å². The fourth-order valence-corrected chi connectivity index (χ4v) is 3.34. The van der Waals surface area contributed by atoms with Crippen molar-refractivity contribution in [1.29, 1.82) is 0 Å². The van der Waals surface area contributed by atoms with Gasteiger partial charge in [-0.05, 0) is 18.6 Å². The summed E-state index contributed by atoms with van der Waals surface area (Å²) in [4.78, 5) is 11.8. The second-order valence-electron chi connectivity index (χ2n) is 4.40. The van der Waals surface area contributed by atoms with Crippen molar-refractivity contribution in [3.63, 3.8) is 0 Å². The summed E-state index contributed by atoms with van der Waals surface area (Å²) in [5.41, 5.74) is 6.08. The number of nitrogens with zero attached hydrogens (tertiary/aromatic N) is 1. The summed E-state index contributed by atoms with van der Waals surface area (Å²) in [5, 5.41) is 2.42. The van der Waals surface area contributed by atoms with Gasteiger partial charge in [0.1, 0.15) is 4.99 Å². The highest BCUT2D eigenvalue weighted by molar-refractivity contribution is 7.89. The van der Waals surface area contributed by atoms with Gasteiger partial charge in [0.15, 0.2) is 0 Å². The van der Waals surface area contributed by atoms with Gasteiger partial charge in [0.25, 0.3) is 0 Å². The van der Waals surface area contributed by atoms with Crippen molar-refractivity contribution in [2.45, 2.75) is 18.2 Å². The van der Waals surface area contributed by atoms with E-state index in [1.165, 1.54) is 19.2 Å². The molecule has 0 radical (unpaired) electrons. The number of nitrogens with two attached hydrogens (primary N) is 1. The molecule has 0 aliphatic heterocycles. The number of carbonyl (C=O) groups excluding carboxylic acids is 1. The van der Waals surface area contributed by atoms with Gasteiger partial charge in [-0.2, -0.15) is 4.31 Å². The molecule has 1 aromatic rings. The Hall–Kier alpha value is -1.51. The quantitative estimate of drug-likeness (QED) is 0.709. The number of amides is 1. The van der Waals surface area contributed by atoms with E-state index in [1.54, 1.807) is 12.1 Å². The first-order valence-corrected chi connectivity index (χ1v) is 8.28. The number of sulfonamides is 1. The van der Waals surface area contributed by atoms with Crippen molar-refractivity contribution in [2.24, 2.45) is 5.73 Å². The third-order valence-corrected chi connectivity index (χ3v) is 4.94. The zero-order valence-electron chi connectivity index (χ0n) is 12.0. The van der Waals surface area contributed by atoms with Gasteiger partial charge in [-0.1, -0.05) is 31.3 Å². The van der Waals surface area contributed by atoms with E-state index >= 15 is 0 Å². The molecule has 0 bridgehead atoms. The topological polar surface area (TPSA) is 92.5 Å². The van der Waals surface area contributed by atoms with Crippen LogP contribution in [0.2, 0.25) is 0 Å². The predicted octanol–water partition coefficient (Wildman–Crippen LogP) is 0.468. The Kier molecular flexibility index (Phi) is 6.25. The smallest absolute Gasteiger partial charge is 0.243 e. The molecule has 0 atom stereocenters. The third-order valence-electron chi connectivity index (χ3n) is 2.85. The zero-order chi connectivity index (χ0) is 16.0. The summed E-state index contributed by atoms with van der Waals surface area (Å²) in [6.07, 6.45) is 0.612. The van der Waals surface area contributed by atoms with Crippen molar-refractivity contribution in [2.75, 3.05) is 20.1 Å². The van der Waals surface area contributed by atoms with Crippen LogP contribution in [-0.4, -0.2) is 43.8 Å². The SMILES string of the molecule is CCCN(CC(=O)NC)S(=O)(=O)c1ccc(C(N)=S)cc1. The van der Waals surface area contributed by atoms with Gasteiger partial charge in [-0.15, -0.1) is 0 Å². The lowest BCUT2D eigenvalue weighted by molar-refractivity contribution is -0.120. The Morgan fingerprint density at radius 2 is 1.90 bits per heavy atom. The van der Waals surface area contributed by atoms with Crippen LogP contribution in [0, 0.1) is 0 Å². The van der Waals surface area contributed by atoms with Gasteiger partial charge in [0, 0.05) is 19.2 Å². The molecule has 21 heavy (non-hydrogen) atoms. The van der Waals surface area contributed by atoms with E-state index in [4.69, 9.17) is 18.0 Å². The lowest BCUT2D eigenvalue weighted by Gasteiger charge is -2.20. The number of rotatable bonds is 7. The minimum Gasteiger partial charge on any atom is -0.389 e. The standard InChI is InChI=1S/C13H19N3O3S2/c1-3-8-16(9-12(17)15-2)21(18,19)11-6-4-10(5-7-11)13(14)20/h4-7H,3,8-9H2,1-2H3,(H2,14,20)(H,15,17). The molecular weight excluding hydrogens is 310 g/mol.